The van der Waals surface area contributed by atoms with Gasteiger partial charge in [-0.15, -0.1) is 0 Å². The minimum atomic E-state index is 0.542. The predicted molar refractivity (Wildman–Crippen MR) is 66.5 cm³/mol. The van der Waals surface area contributed by atoms with Crippen LogP contribution in [0.2, 0.25) is 0 Å². The molecule has 0 bridgehead atoms. The highest BCUT2D eigenvalue weighted by molar-refractivity contribution is 5.85. The van der Waals surface area contributed by atoms with E-state index in [1.165, 1.54) is 16.3 Å². The highest BCUT2D eigenvalue weighted by Crippen LogP contribution is 2.23. The van der Waals surface area contributed by atoms with Gasteiger partial charge in [0.15, 0.2) is 0 Å². The topological polar surface area (TPSA) is 22.1 Å². The summed E-state index contributed by atoms with van der Waals surface area (Å²) in [6, 6.07) is 8.61. The molecular formula is C14H17NO. The van der Waals surface area contributed by atoms with Gasteiger partial charge in [0.05, 0.1) is 12.3 Å². The highest BCUT2D eigenvalue weighted by atomic mass is 16.5. The zero-order valence-corrected chi connectivity index (χ0v) is 10.0. The molecule has 1 heterocycles. The molecule has 0 amide bonds. The maximum Gasteiger partial charge on any atom is 0.0890 e. The lowest BCUT2D eigenvalue weighted by molar-refractivity contribution is 0.182. The number of methoxy groups -OCH3 is 1. The van der Waals surface area contributed by atoms with Gasteiger partial charge in [0.1, 0.15) is 0 Å². The number of ether oxygens (including phenoxy) is 1. The first-order valence-corrected chi connectivity index (χ1v) is 5.59. The van der Waals surface area contributed by atoms with Crippen LogP contribution in [0.15, 0.2) is 30.5 Å². The zero-order valence-electron chi connectivity index (χ0n) is 10.0. The summed E-state index contributed by atoms with van der Waals surface area (Å²) in [7, 11) is 1.70. The number of hydrogen-bond donors (Lipinski definition) is 0. The van der Waals surface area contributed by atoms with Crippen molar-refractivity contribution in [1.29, 1.82) is 0 Å². The van der Waals surface area contributed by atoms with Crippen LogP contribution in [0.4, 0.5) is 0 Å². The number of aromatic nitrogens is 1. The van der Waals surface area contributed by atoms with Gasteiger partial charge in [-0.05, 0) is 29.0 Å². The molecule has 2 heteroatoms. The van der Waals surface area contributed by atoms with E-state index >= 15 is 0 Å². The van der Waals surface area contributed by atoms with Gasteiger partial charge in [-0.2, -0.15) is 0 Å². The first kappa shape index (κ1) is 11.1. The molecule has 0 aliphatic heterocycles. The summed E-state index contributed by atoms with van der Waals surface area (Å²) in [6.45, 7) is 4.97. The second-order valence-corrected chi connectivity index (χ2v) is 4.33. The van der Waals surface area contributed by atoms with Gasteiger partial charge in [0, 0.05) is 18.7 Å². The van der Waals surface area contributed by atoms with E-state index in [0.29, 0.717) is 12.5 Å². The highest BCUT2D eigenvalue weighted by Gasteiger charge is 2.05. The van der Waals surface area contributed by atoms with Crippen molar-refractivity contribution in [2.45, 2.75) is 26.4 Å². The van der Waals surface area contributed by atoms with Crippen LogP contribution in [0.3, 0.4) is 0 Å². The Morgan fingerprint density at radius 1 is 1.25 bits per heavy atom. The summed E-state index contributed by atoms with van der Waals surface area (Å²) in [6.07, 6.45) is 1.84. The van der Waals surface area contributed by atoms with Crippen molar-refractivity contribution in [3.63, 3.8) is 0 Å². The van der Waals surface area contributed by atoms with Crippen LogP contribution in [-0.4, -0.2) is 12.1 Å². The molecular weight excluding hydrogens is 198 g/mol. The van der Waals surface area contributed by atoms with Gasteiger partial charge < -0.3 is 4.74 Å². The maximum atomic E-state index is 5.17. The Morgan fingerprint density at radius 2 is 2.06 bits per heavy atom. The van der Waals surface area contributed by atoms with Gasteiger partial charge in [-0.25, -0.2) is 0 Å². The van der Waals surface area contributed by atoms with E-state index in [4.69, 9.17) is 4.74 Å². The molecule has 0 fully saturated rings. The molecule has 0 aliphatic rings. The second-order valence-electron chi connectivity index (χ2n) is 4.33. The molecule has 0 unspecified atom stereocenters. The molecule has 0 radical (unpaired) electrons. The number of benzene rings is 1. The summed E-state index contributed by atoms with van der Waals surface area (Å²) in [5, 5.41) is 2.43. The number of hydrogen-bond acceptors (Lipinski definition) is 2. The summed E-state index contributed by atoms with van der Waals surface area (Å²) in [5.74, 6) is 0.542. The Labute approximate surface area is 96.3 Å². The average Bonchev–Trinajstić information content (AvgIpc) is 2.29. The third kappa shape index (κ3) is 2.07. The lowest BCUT2D eigenvalue weighted by Crippen LogP contribution is -1.95. The predicted octanol–water partition coefficient (Wildman–Crippen LogP) is 3.50. The fourth-order valence-electron chi connectivity index (χ4n) is 1.86. The van der Waals surface area contributed by atoms with Gasteiger partial charge in [-0.1, -0.05) is 26.0 Å². The third-order valence-electron chi connectivity index (χ3n) is 2.82. The van der Waals surface area contributed by atoms with E-state index in [0.717, 1.165) is 5.69 Å². The molecule has 16 heavy (non-hydrogen) atoms. The largest absolute Gasteiger partial charge is 0.378 e. The second kappa shape index (κ2) is 4.62. The number of nitrogens with zero attached hydrogens (tertiary/aromatic N) is 1. The lowest BCUT2D eigenvalue weighted by Gasteiger charge is -2.09. The minimum Gasteiger partial charge on any atom is -0.378 e. The van der Waals surface area contributed by atoms with Crippen LogP contribution in [0.1, 0.15) is 31.0 Å². The van der Waals surface area contributed by atoms with E-state index in [2.05, 4.69) is 37.0 Å². The first-order chi connectivity index (χ1) is 7.72. The van der Waals surface area contributed by atoms with E-state index in [-0.39, 0.29) is 0 Å². The fourth-order valence-corrected chi connectivity index (χ4v) is 1.86. The normalized spacial score (nSPS) is 11.2. The average molecular weight is 215 g/mol. The standard InChI is InChI=1S/C14H17NO/c1-10(2)12-5-4-11-6-7-15-14(9-16-3)13(11)8-12/h4-8,10H,9H2,1-3H3. The Bertz CT molecular complexity index is 491. The van der Waals surface area contributed by atoms with Crippen LogP contribution in [0, 0.1) is 0 Å². The van der Waals surface area contributed by atoms with Crippen molar-refractivity contribution in [3.05, 3.63) is 41.7 Å². The SMILES string of the molecule is COCc1nccc2ccc(C(C)C)cc12. The molecule has 2 aromatic rings. The summed E-state index contributed by atoms with van der Waals surface area (Å²) >= 11 is 0. The number of fused-ring (bicyclic) bond motifs is 1. The molecule has 0 atom stereocenters. The Kier molecular flexibility index (Phi) is 3.20. The van der Waals surface area contributed by atoms with Crippen LogP contribution < -0.4 is 0 Å². The first-order valence-electron chi connectivity index (χ1n) is 5.59. The van der Waals surface area contributed by atoms with Crippen molar-refractivity contribution in [3.8, 4) is 0 Å². The van der Waals surface area contributed by atoms with Crippen LogP contribution in [0.25, 0.3) is 10.8 Å². The van der Waals surface area contributed by atoms with E-state index < -0.39 is 0 Å². The van der Waals surface area contributed by atoms with E-state index in [1.807, 2.05) is 12.3 Å². The monoisotopic (exact) mass is 215 g/mol. The van der Waals surface area contributed by atoms with Crippen LogP contribution in [-0.2, 0) is 11.3 Å². The van der Waals surface area contributed by atoms with Crippen molar-refractivity contribution >= 4 is 10.8 Å². The molecule has 1 aromatic carbocycles. The molecule has 0 saturated carbocycles. The van der Waals surface area contributed by atoms with Gasteiger partial charge >= 0.3 is 0 Å². The van der Waals surface area contributed by atoms with E-state index in [9.17, 15) is 0 Å². The zero-order chi connectivity index (χ0) is 11.5. The Balaban J connectivity index is 2.59. The quantitative estimate of drug-likeness (QED) is 0.781. The van der Waals surface area contributed by atoms with Gasteiger partial charge in [-0.3, -0.25) is 4.98 Å². The Hall–Kier alpha value is -1.41. The molecule has 0 saturated heterocycles. The molecule has 0 spiro atoms. The molecule has 84 valence electrons. The summed E-state index contributed by atoms with van der Waals surface area (Å²) in [5.41, 5.74) is 2.36. The summed E-state index contributed by atoms with van der Waals surface area (Å²) in [4.78, 5) is 4.37. The van der Waals surface area contributed by atoms with Crippen LogP contribution in [0.5, 0.6) is 0 Å². The molecule has 0 N–H and O–H groups in total. The van der Waals surface area contributed by atoms with Crippen molar-refractivity contribution in [2.75, 3.05) is 7.11 Å². The molecule has 2 nitrogen and oxygen atoms in total. The summed E-state index contributed by atoms with van der Waals surface area (Å²) < 4.78 is 5.17. The minimum absolute atomic E-state index is 0.542. The number of pyridine rings is 1. The molecule has 1 aromatic heterocycles. The van der Waals surface area contributed by atoms with Crippen molar-refractivity contribution < 1.29 is 4.74 Å². The van der Waals surface area contributed by atoms with Gasteiger partial charge in [0.2, 0.25) is 0 Å². The maximum absolute atomic E-state index is 5.17. The van der Waals surface area contributed by atoms with Crippen molar-refractivity contribution in [1.82, 2.24) is 4.98 Å². The molecule has 2 rings (SSSR count). The van der Waals surface area contributed by atoms with E-state index in [1.54, 1.807) is 7.11 Å². The number of rotatable bonds is 3. The van der Waals surface area contributed by atoms with Crippen LogP contribution >= 0.6 is 0 Å². The van der Waals surface area contributed by atoms with Crippen molar-refractivity contribution in [2.24, 2.45) is 0 Å². The Morgan fingerprint density at radius 3 is 2.75 bits per heavy atom. The fraction of sp³-hybridized carbons (Fsp3) is 0.357. The lowest BCUT2D eigenvalue weighted by atomic mass is 9.99. The smallest absolute Gasteiger partial charge is 0.0890 e. The van der Waals surface area contributed by atoms with Gasteiger partial charge in [0.25, 0.3) is 0 Å². The molecule has 0 aliphatic carbocycles. The third-order valence-corrected chi connectivity index (χ3v) is 2.82.